The number of hydrogen-bond acceptors (Lipinski definition) is 6. The van der Waals surface area contributed by atoms with Crippen LogP contribution in [0, 0.1) is 5.92 Å². The van der Waals surface area contributed by atoms with Crippen molar-refractivity contribution in [2.24, 2.45) is 5.92 Å². The summed E-state index contributed by atoms with van der Waals surface area (Å²) < 4.78 is 38.4. The summed E-state index contributed by atoms with van der Waals surface area (Å²) in [5.41, 5.74) is 0.891. The first-order valence-electron chi connectivity index (χ1n) is 8.48. The minimum absolute atomic E-state index is 0.0133. The van der Waals surface area contributed by atoms with Crippen molar-refractivity contribution < 1.29 is 26.9 Å². The van der Waals surface area contributed by atoms with Crippen molar-refractivity contribution in [1.29, 1.82) is 0 Å². The molecular formula is C18H28O6S. The Balaban J connectivity index is 2.14. The highest BCUT2D eigenvalue weighted by atomic mass is 32.2. The van der Waals surface area contributed by atoms with Crippen molar-refractivity contribution in [2.45, 2.75) is 46.1 Å². The molecule has 7 heteroatoms. The fourth-order valence-electron chi connectivity index (χ4n) is 1.98. The molecule has 0 N–H and O–H groups in total. The number of benzene rings is 1. The van der Waals surface area contributed by atoms with Crippen LogP contribution in [-0.4, -0.2) is 33.9 Å². The summed E-state index contributed by atoms with van der Waals surface area (Å²) in [6, 6.07) is 7.30. The van der Waals surface area contributed by atoms with E-state index < -0.39 is 10.1 Å². The highest BCUT2D eigenvalue weighted by Crippen LogP contribution is 2.13. The van der Waals surface area contributed by atoms with Crippen LogP contribution in [0.4, 0.5) is 0 Å². The second-order valence-corrected chi connectivity index (χ2v) is 8.02. The van der Waals surface area contributed by atoms with Gasteiger partial charge in [0.1, 0.15) is 12.4 Å². The van der Waals surface area contributed by atoms with Crippen molar-refractivity contribution in [3.05, 3.63) is 29.8 Å². The molecule has 0 aliphatic heterocycles. The number of methoxy groups -OCH3 is 1. The zero-order valence-corrected chi connectivity index (χ0v) is 16.0. The van der Waals surface area contributed by atoms with Crippen LogP contribution in [0.5, 0.6) is 5.75 Å². The molecule has 0 atom stereocenters. The number of esters is 1. The van der Waals surface area contributed by atoms with Crippen molar-refractivity contribution >= 4 is 16.1 Å². The molecule has 0 aliphatic rings. The third-order valence-corrected chi connectivity index (χ3v) is 4.70. The van der Waals surface area contributed by atoms with Crippen LogP contribution >= 0.6 is 0 Å². The van der Waals surface area contributed by atoms with E-state index in [1.807, 2.05) is 38.1 Å². The van der Waals surface area contributed by atoms with Gasteiger partial charge in [-0.3, -0.25) is 8.98 Å². The van der Waals surface area contributed by atoms with E-state index in [9.17, 15) is 13.2 Å². The minimum Gasteiger partial charge on any atom is -0.497 e. The van der Waals surface area contributed by atoms with Gasteiger partial charge >= 0.3 is 5.97 Å². The quantitative estimate of drug-likeness (QED) is 0.318. The summed E-state index contributed by atoms with van der Waals surface area (Å²) in [6.07, 6.45) is 2.00. The lowest BCUT2D eigenvalue weighted by Crippen LogP contribution is -2.14. The highest BCUT2D eigenvalue weighted by molar-refractivity contribution is 7.86. The Kier molecular flexibility index (Phi) is 9.52. The average molecular weight is 372 g/mol. The second kappa shape index (κ2) is 11.1. The van der Waals surface area contributed by atoms with E-state index in [0.29, 0.717) is 19.3 Å². The second-order valence-electron chi connectivity index (χ2n) is 6.26. The maximum Gasteiger partial charge on any atom is 0.306 e. The lowest BCUT2D eigenvalue weighted by molar-refractivity contribution is -0.145. The van der Waals surface area contributed by atoms with Gasteiger partial charge in [0.15, 0.2) is 0 Å². The minimum atomic E-state index is -3.46. The summed E-state index contributed by atoms with van der Waals surface area (Å²) in [5.74, 6) is 0.632. The first-order valence-corrected chi connectivity index (χ1v) is 10.1. The summed E-state index contributed by atoms with van der Waals surface area (Å²) in [4.78, 5) is 11.7. The van der Waals surface area contributed by atoms with E-state index in [-0.39, 0.29) is 37.3 Å². The fraction of sp³-hybridized carbons (Fsp3) is 0.611. The molecule has 0 fully saturated rings. The van der Waals surface area contributed by atoms with Gasteiger partial charge in [0.05, 0.1) is 19.5 Å². The van der Waals surface area contributed by atoms with E-state index in [4.69, 9.17) is 13.7 Å². The standard InChI is InChI=1S/C18H28O6S/c1-15(2)13-24-25(20,21)12-6-4-5-7-18(19)23-14-16-8-10-17(22-3)11-9-16/h8-11,15H,4-7,12-14H2,1-3H3. The molecule has 0 radical (unpaired) electrons. The largest absolute Gasteiger partial charge is 0.497 e. The number of rotatable bonds is 12. The monoisotopic (exact) mass is 372 g/mol. The summed E-state index contributed by atoms with van der Waals surface area (Å²) >= 11 is 0. The molecule has 0 heterocycles. The molecule has 0 aromatic heterocycles. The third kappa shape index (κ3) is 10.1. The Labute approximate surface area is 150 Å². The Morgan fingerprint density at radius 2 is 1.76 bits per heavy atom. The molecule has 0 amide bonds. The lowest BCUT2D eigenvalue weighted by Gasteiger charge is -2.08. The molecule has 0 bridgehead atoms. The van der Waals surface area contributed by atoms with Gasteiger partial charge in [0.2, 0.25) is 0 Å². The summed E-state index contributed by atoms with van der Waals surface area (Å²) in [7, 11) is -1.86. The number of hydrogen-bond donors (Lipinski definition) is 0. The molecule has 1 aromatic rings. The predicted octanol–water partition coefficient (Wildman–Crippen LogP) is 3.30. The molecule has 0 saturated heterocycles. The fourth-order valence-corrected chi connectivity index (χ4v) is 3.14. The molecular weight excluding hydrogens is 344 g/mol. The molecule has 142 valence electrons. The van der Waals surface area contributed by atoms with Crippen LogP contribution < -0.4 is 4.74 Å². The number of unbranched alkanes of at least 4 members (excludes halogenated alkanes) is 2. The molecule has 1 aromatic carbocycles. The smallest absolute Gasteiger partial charge is 0.306 e. The normalized spacial score (nSPS) is 11.5. The predicted molar refractivity (Wildman–Crippen MR) is 95.8 cm³/mol. The van der Waals surface area contributed by atoms with Gasteiger partial charge in [0, 0.05) is 6.42 Å². The van der Waals surface area contributed by atoms with Gasteiger partial charge in [-0.15, -0.1) is 0 Å². The van der Waals surface area contributed by atoms with Gasteiger partial charge < -0.3 is 9.47 Å². The Morgan fingerprint density at radius 1 is 1.08 bits per heavy atom. The van der Waals surface area contributed by atoms with Crippen molar-refractivity contribution in [2.75, 3.05) is 19.5 Å². The molecule has 0 saturated carbocycles. The third-order valence-electron chi connectivity index (χ3n) is 3.42. The Morgan fingerprint density at radius 3 is 2.36 bits per heavy atom. The van der Waals surface area contributed by atoms with E-state index >= 15 is 0 Å². The van der Waals surface area contributed by atoms with Gasteiger partial charge in [0.25, 0.3) is 10.1 Å². The molecule has 0 spiro atoms. The van der Waals surface area contributed by atoms with E-state index in [0.717, 1.165) is 11.3 Å². The average Bonchev–Trinajstić information content (AvgIpc) is 2.58. The van der Waals surface area contributed by atoms with Gasteiger partial charge in [-0.25, -0.2) is 0 Å². The van der Waals surface area contributed by atoms with Gasteiger partial charge in [-0.05, 0) is 36.5 Å². The SMILES string of the molecule is COc1ccc(COC(=O)CCCCCS(=O)(=O)OCC(C)C)cc1. The summed E-state index contributed by atoms with van der Waals surface area (Å²) in [6.45, 7) is 4.22. The first-order chi connectivity index (χ1) is 11.8. The van der Waals surface area contributed by atoms with Crippen LogP contribution in [0.25, 0.3) is 0 Å². The molecule has 6 nitrogen and oxygen atoms in total. The van der Waals surface area contributed by atoms with Crippen molar-refractivity contribution in [3.63, 3.8) is 0 Å². The molecule has 1 rings (SSSR count). The topological polar surface area (TPSA) is 78.9 Å². The maximum absolute atomic E-state index is 11.7. The number of ether oxygens (including phenoxy) is 2. The Hall–Kier alpha value is -1.60. The molecule has 25 heavy (non-hydrogen) atoms. The van der Waals surface area contributed by atoms with E-state index in [1.165, 1.54) is 0 Å². The van der Waals surface area contributed by atoms with Gasteiger partial charge in [-0.1, -0.05) is 32.4 Å². The first kappa shape index (κ1) is 21.4. The van der Waals surface area contributed by atoms with Crippen molar-refractivity contribution in [3.8, 4) is 5.75 Å². The van der Waals surface area contributed by atoms with Crippen LogP contribution in [-0.2, 0) is 30.4 Å². The van der Waals surface area contributed by atoms with E-state index in [2.05, 4.69) is 0 Å². The number of carbonyl (C=O) groups excluding carboxylic acids is 1. The van der Waals surface area contributed by atoms with Gasteiger partial charge in [-0.2, -0.15) is 8.42 Å². The lowest BCUT2D eigenvalue weighted by atomic mass is 10.2. The zero-order valence-electron chi connectivity index (χ0n) is 15.2. The van der Waals surface area contributed by atoms with Crippen LogP contribution in [0.2, 0.25) is 0 Å². The summed E-state index contributed by atoms with van der Waals surface area (Å²) in [5, 5.41) is 0. The van der Waals surface area contributed by atoms with Crippen LogP contribution in [0.3, 0.4) is 0 Å². The number of carbonyl (C=O) groups is 1. The molecule has 0 unspecified atom stereocenters. The van der Waals surface area contributed by atoms with Crippen LogP contribution in [0.15, 0.2) is 24.3 Å². The highest BCUT2D eigenvalue weighted by Gasteiger charge is 2.12. The van der Waals surface area contributed by atoms with Crippen molar-refractivity contribution in [1.82, 2.24) is 0 Å². The zero-order chi connectivity index (χ0) is 18.7. The Bertz CT molecular complexity index is 607. The van der Waals surface area contributed by atoms with Crippen LogP contribution in [0.1, 0.15) is 45.1 Å². The maximum atomic E-state index is 11.7. The van der Waals surface area contributed by atoms with E-state index in [1.54, 1.807) is 7.11 Å². The molecule has 0 aliphatic carbocycles.